The maximum atomic E-state index is 15.4. The van der Waals surface area contributed by atoms with Gasteiger partial charge in [0.15, 0.2) is 0 Å². The Labute approximate surface area is 209 Å². The summed E-state index contributed by atoms with van der Waals surface area (Å²) in [5.74, 6) is 2.26. The van der Waals surface area contributed by atoms with Crippen LogP contribution in [0, 0.1) is 5.82 Å². The topological polar surface area (TPSA) is 0 Å². The SMILES string of the molecule is Fc1ccccc1P(/C(=C\P(c1ccccc1)c1ccccc1)c1ccccc1)c1ccccc1. The van der Waals surface area contributed by atoms with Crippen LogP contribution in [0.25, 0.3) is 5.31 Å². The van der Waals surface area contributed by atoms with Crippen LogP contribution >= 0.6 is 15.8 Å². The van der Waals surface area contributed by atoms with Crippen LogP contribution in [0.2, 0.25) is 0 Å². The lowest BCUT2D eigenvalue weighted by Gasteiger charge is -2.25. The molecular weight excluding hydrogens is 465 g/mol. The van der Waals surface area contributed by atoms with Crippen molar-refractivity contribution in [3.05, 3.63) is 163 Å². The molecule has 0 bridgehead atoms. The largest absolute Gasteiger partial charge is 0.206 e. The van der Waals surface area contributed by atoms with Gasteiger partial charge in [0.25, 0.3) is 0 Å². The van der Waals surface area contributed by atoms with Gasteiger partial charge in [-0.05, 0) is 54.5 Å². The normalized spacial score (nSPS) is 12.5. The maximum Gasteiger partial charge on any atom is 0.131 e. The fourth-order valence-corrected chi connectivity index (χ4v) is 9.09. The molecule has 0 N–H and O–H groups in total. The summed E-state index contributed by atoms with van der Waals surface area (Å²) in [6.07, 6.45) is 0. The van der Waals surface area contributed by atoms with Crippen molar-refractivity contribution < 1.29 is 4.39 Å². The van der Waals surface area contributed by atoms with E-state index in [9.17, 15) is 0 Å². The molecule has 0 saturated carbocycles. The minimum absolute atomic E-state index is 0.159. The second-order valence-corrected chi connectivity index (χ2v) is 12.2. The Morgan fingerprint density at radius 3 is 1.43 bits per heavy atom. The molecule has 0 aliphatic heterocycles. The van der Waals surface area contributed by atoms with Crippen molar-refractivity contribution in [1.29, 1.82) is 0 Å². The molecule has 5 aromatic carbocycles. The van der Waals surface area contributed by atoms with Gasteiger partial charge >= 0.3 is 0 Å². The molecule has 0 fully saturated rings. The Hall–Kier alpha value is -3.37. The van der Waals surface area contributed by atoms with Crippen molar-refractivity contribution in [3.8, 4) is 0 Å². The zero-order chi connectivity index (χ0) is 23.9. The molecule has 1 atom stereocenters. The molecule has 35 heavy (non-hydrogen) atoms. The highest BCUT2D eigenvalue weighted by Crippen LogP contribution is 2.53. The third-order valence-corrected chi connectivity index (χ3v) is 10.7. The highest BCUT2D eigenvalue weighted by atomic mass is 31.1. The fourth-order valence-electron chi connectivity index (χ4n) is 4.09. The number of hydrogen-bond acceptors (Lipinski definition) is 0. The third-order valence-electron chi connectivity index (χ3n) is 5.74. The van der Waals surface area contributed by atoms with Gasteiger partial charge in [-0.2, -0.15) is 0 Å². The first-order valence-electron chi connectivity index (χ1n) is 11.6. The zero-order valence-electron chi connectivity index (χ0n) is 19.2. The summed E-state index contributed by atoms with van der Waals surface area (Å²) in [7, 11) is -1.93. The number of benzene rings is 5. The van der Waals surface area contributed by atoms with Gasteiger partial charge in [-0.15, -0.1) is 0 Å². The lowest BCUT2D eigenvalue weighted by molar-refractivity contribution is 0.636. The van der Waals surface area contributed by atoms with E-state index in [-0.39, 0.29) is 5.82 Å². The average Bonchev–Trinajstić information content (AvgIpc) is 2.94. The van der Waals surface area contributed by atoms with Gasteiger partial charge in [-0.25, -0.2) is 4.39 Å². The van der Waals surface area contributed by atoms with Crippen LogP contribution in [0.3, 0.4) is 0 Å². The standard InChI is InChI=1S/C32H25FP2/c33-30-23-13-14-24-31(30)35(29-21-11-4-12-22-29)32(26-15-5-1-6-16-26)25-34(27-17-7-2-8-18-27)28-19-9-3-10-20-28/h1-25H/b32-25-. The van der Waals surface area contributed by atoms with Crippen LogP contribution in [0.15, 0.2) is 151 Å². The molecule has 170 valence electrons. The van der Waals surface area contributed by atoms with E-state index in [2.05, 4.69) is 103 Å². The molecule has 5 rings (SSSR count). The molecule has 0 aliphatic carbocycles. The van der Waals surface area contributed by atoms with Crippen molar-refractivity contribution in [1.82, 2.24) is 0 Å². The predicted octanol–water partition coefficient (Wildman–Crippen LogP) is 7.39. The Kier molecular flexibility index (Phi) is 7.59. The molecule has 0 spiro atoms. The van der Waals surface area contributed by atoms with Crippen molar-refractivity contribution in [2.75, 3.05) is 0 Å². The van der Waals surface area contributed by atoms with Crippen LogP contribution < -0.4 is 21.2 Å². The summed E-state index contributed by atoms with van der Waals surface area (Å²) in [6.45, 7) is 0. The smallest absolute Gasteiger partial charge is 0.131 e. The van der Waals surface area contributed by atoms with E-state index >= 15 is 4.39 Å². The monoisotopic (exact) mass is 490 g/mol. The summed E-state index contributed by atoms with van der Waals surface area (Å²) in [5, 5.41) is 5.62. The second kappa shape index (κ2) is 11.4. The first kappa shape index (κ1) is 23.4. The van der Waals surface area contributed by atoms with Gasteiger partial charge in [-0.3, -0.25) is 0 Å². The number of hydrogen-bond donors (Lipinski definition) is 0. The molecule has 0 aromatic heterocycles. The van der Waals surface area contributed by atoms with Crippen LogP contribution in [-0.4, -0.2) is 0 Å². The van der Waals surface area contributed by atoms with Gasteiger partial charge in [0.2, 0.25) is 0 Å². The molecular formula is C32H25FP2. The summed E-state index contributed by atoms with van der Waals surface area (Å²) in [5.41, 5.74) is 1.13. The molecule has 0 saturated heterocycles. The molecule has 0 radical (unpaired) electrons. The summed E-state index contributed by atoms with van der Waals surface area (Å²) in [4.78, 5) is 0. The molecule has 5 aromatic rings. The Morgan fingerprint density at radius 2 is 0.914 bits per heavy atom. The number of halogens is 1. The van der Waals surface area contributed by atoms with Gasteiger partial charge in [0, 0.05) is 5.30 Å². The Morgan fingerprint density at radius 1 is 0.486 bits per heavy atom. The van der Waals surface area contributed by atoms with Crippen molar-refractivity contribution in [2.45, 2.75) is 0 Å². The van der Waals surface area contributed by atoms with Crippen LogP contribution in [-0.2, 0) is 0 Å². The van der Waals surface area contributed by atoms with Crippen molar-refractivity contribution >= 4 is 42.4 Å². The van der Waals surface area contributed by atoms with E-state index in [1.807, 2.05) is 36.4 Å². The van der Waals surface area contributed by atoms with Crippen LogP contribution in [0.5, 0.6) is 0 Å². The first-order chi connectivity index (χ1) is 17.3. The molecule has 0 nitrogen and oxygen atoms in total. The minimum atomic E-state index is -1.12. The quantitative estimate of drug-likeness (QED) is 0.209. The van der Waals surface area contributed by atoms with E-state index in [0.717, 1.165) is 16.2 Å². The van der Waals surface area contributed by atoms with Gasteiger partial charge in [0.05, 0.1) is 0 Å². The van der Waals surface area contributed by atoms with E-state index in [1.165, 1.54) is 15.9 Å². The predicted molar refractivity (Wildman–Crippen MR) is 153 cm³/mol. The molecule has 1 unspecified atom stereocenters. The van der Waals surface area contributed by atoms with E-state index < -0.39 is 15.8 Å². The third kappa shape index (κ3) is 5.49. The Bertz CT molecular complexity index is 1350. The molecule has 3 heteroatoms. The Balaban J connectivity index is 1.78. The minimum Gasteiger partial charge on any atom is -0.206 e. The highest BCUT2D eigenvalue weighted by Gasteiger charge is 2.25. The van der Waals surface area contributed by atoms with Crippen LogP contribution in [0.1, 0.15) is 5.56 Å². The van der Waals surface area contributed by atoms with E-state index in [1.54, 1.807) is 12.1 Å². The molecule has 0 heterocycles. The first-order valence-corrected chi connectivity index (χ1v) is 14.3. The van der Waals surface area contributed by atoms with Gasteiger partial charge < -0.3 is 0 Å². The van der Waals surface area contributed by atoms with Gasteiger partial charge in [-0.1, -0.05) is 140 Å². The molecule has 0 amide bonds. The van der Waals surface area contributed by atoms with E-state index in [4.69, 9.17) is 0 Å². The second-order valence-electron chi connectivity index (χ2n) is 8.04. The van der Waals surface area contributed by atoms with Crippen LogP contribution in [0.4, 0.5) is 4.39 Å². The molecule has 0 aliphatic rings. The fraction of sp³-hybridized carbons (Fsp3) is 0. The van der Waals surface area contributed by atoms with Gasteiger partial charge in [0.1, 0.15) is 5.82 Å². The highest BCUT2D eigenvalue weighted by molar-refractivity contribution is 7.84. The summed E-state index contributed by atoms with van der Waals surface area (Å²) in [6, 6.07) is 49.4. The van der Waals surface area contributed by atoms with E-state index in [0.29, 0.717) is 0 Å². The number of rotatable bonds is 7. The lowest BCUT2D eigenvalue weighted by Crippen LogP contribution is -2.17. The summed E-state index contributed by atoms with van der Waals surface area (Å²) < 4.78 is 15.4. The summed E-state index contributed by atoms with van der Waals surface area (Å²) >= 11 is 0. The maximum absolute atomic E-state index is 15.4. The zero-order valence-corrected chi connectivity index (χ0v) is 21.0. The van der Waals surface area contributed by atoms with Crippen molar-refractivity contribution in [2.24, 2.45) is 0 Å². The van der Waals surface area contributed by atoms with Crippen molar-refractivity contribution in [3.63, 3.8) is 0 Å². The lowest BCUT2D eigenvalue weighted by atomic mass is 10.2. The average molecular weight is 490 g/mol.